The van der Waals surface area contributed by atoms with E-state index in [4.69, 9.17) is 4.74 Å². The molecule has 0 aromatic carbocycles. The Bertz CT molecular complexity index is 887. The predicted octanol–water partition coefficient (Wildman–Crippen LogP) is 2.08. The number of hydrogen-bond acceptors (Lipinski definition) is 6. The van der Waals surface area contributed by atoms with Crippen molar-refractivity contribution in [2.24, 2.45) is 0 Å². The minimum Gasteiger partial charge on any atom is -0.368 e. The number of carbonyl (C=O) groups is 1. The van der Waals surface area contributed by atoms with Gasteiger partial charge in [0.1, 0.15) is 12.4 Å². The van der Waals surface area contributed by atoms with Gasteiger partial charge in [0.05, 0.1) is 25.3 Å². The van der Waals surface area contributed by atoms with Gasteiger partial charge in [-0.05, 0) is 23.8 Å². The Morgan fingerprint density at radius 2 is 1.85 bits per heavy atom. The highest BCUT2D eigenvalue weighted by molar-refractivity contribution is 5.78. The van der Waals surface area contributed by atoms with Crippen molar-refractivity contribution in [2.75, 3.05) is 19.7 Å². The number of rotatable bonds is 4. The van der Waals surface area contributed by atoms with Crippen molar-refractivity contribution in [3.63, 3.8) is 0 Å². The van der Waals surface area contributed by atoms with Crippen LogP contribution in [0.4, 0.5) is 0 Å². The van der Waals surface area contributed by atoms with E-state index in [0.29, 0.717) is 26.1 Å². The largest absolute Gasteiger partial charge is 0.368 e. The van der Waals surface area contributed by atoms with Crippen LogP contribution >= 0.6 is 0 Å². The van der Waals surface area contributed by atoms with Crippen LogP contribution < -0.4 is 0 Å². The van der Waals surface area contributed by atoms with Gasteiger partial charge >= 0.3 is 0 Å². The van der Waals surface area contributed by atoms with Crippen molar-refractivity contribution in [1.82, 2.24) is 24.8 Å². The Morgan fingerprint density at radius 3 is 2.59 bits per heavy atom. The fourth-order valence-electron chi connectivity index (χ4n) is 3.06. The van der Waals surface area contributed by atoms with E-state index in [1.54, 1.807) is 31.0 Å². The highest BCUT2D eigenvalue weighted by Crippen LogP contribution is 2.23. The molecule has 0 spiro atoms. The Kier molecular flexibility index (Phi) is 5.11. The van der Waals surface area contributed by atoms with E-state index in [1.165, 1.54) is 6.33 Å². The van der Waals surface area contributed by atoms with Gasteiger partial charge in [-0.3, -0.25) is 14.8 Å². The average molecular weight is 361 g/mol. The third kappa shape index (κ3) is 4.15. The molecule has 1 aliphatic rings. The molecule has 0 bridgehead atoms. The quantitative estimate of drug-likeness (QED) is 0.708. The molecule has 27 heavy (non-hydrogen) atoms. The number of amides is 1. The van der Waals surface area contributed by atoms with Gasteiger partial charge in [0.25, 0.3) is 0 Å². The van der Waals surface area contributed by atoms with E-state index in [1.807, 2.05) is 29.2 Å². The number of carbonyl (C=O) groups excluding carboxylic acids is 1. The molecule has 3 aromatic heterocycles. The van der Waals surface area contributed by atoms with E-state index in [0.717, 1.165) is 22.4 Å². The molecular formula is C20H19N5O2. The lowest BCUT2D eigenvalue weighted by Crippen LogP contribution is -2.43. The normalized spacial score (nSPS) is 16.9. The van der Waals surface area contributed by atoms with E-state index < -0.39 is 0 Å². The summed E-state index contributed by atoms with van der Waals surface area (Å²) < 4.78 is 5.85. The molecular weight excluding hydrogens is 342 g/mol. The Hall–Kier alpha value is -3.19. The Labute approximate surface area is 157 Å². The van der Waals surface area contributed by atoms with Crippen LogP contribution in [0.1, 0.15) is 17.4 Å². The molecule has 1 amide bonds. The summed E-state index contributed by atoms with van der Waals surface area (Å²) in [6, 6.07) is 7.64. The van der Waals surface area contributed by atoms with Gasteiger partial charge in [0, 0.05) is 48.7 Å². The molecule has 1 atom stereocenters. The second-order valence-electron chi connectivity index (χ2n) is 6.33. The minimum atomic E-state index is -0.221. The van der Waals surface area contributed by atoms with Crippen molar-refractivity contribution in [3.05, 3.63) is 72.8 Å². The van der Waals surface area contributed by atoms with Crippen molar-refractivity contribution < 1.29 is 9.53 Å². The summed E-state index contributed by atoms with van der Waals surface area (Å²) in [6.07, 6.45) is 10.3. The number of aromatic nitrogens is 4. The zero-order valence-electron chi connectivity index (χ0n) is 14.7. The molecule has 1 saturated heterocycles. The summed E-state index contributed by atoms with van der Waals surface area (Å²) in [4.78, 5) is 31.0. The van der Waals surface area contributed by atoms with Crippen LogP contribution in [0.2, 0.25) is 0 Å². The number of hydrogen-bond donors (Lipinski definition) is 0. The molecule has 0 unspecified atom stereocenters. The van der Waals surface area contributed by atoms with Crippen molar-refractivity contribution in [2.45, 2.75) is 12.5 Å². The molecule has 0 aliphatic carbocycles. The molecule has 7 nitrogen and oxygen atoms in total. The molecule has 0 N–H and O–H groups in total. The van der Waals surface area contributed by atoms with E-state index in [2.05, 4.69) is 19.9 Å². The lowest BCUT2D eigenvalue weighted by molar-refractivity contribution is -0.138. The fraction of sp³-hybridized carbons (Fsp3) is 0.250. The maximum atomic E-state index is 12.6. The molecule has 1 fully saturated rings. The van der Waals surface area contributed by atoms with Crippen LogP contribution in [0, 0.1) is 0 Å². The van der Waals surface area contributed by atoms with Crippen LogP contribution in [-0.4, -0.2) is 50.4 Å². The zero-order valence-corrected chi connectivity index (χ0v) is 14.7. The third-order valence-corrected chi connectivity index (χ3v) is 4.53. The maximum absolute atomic E-state index is 12.6. The summed E-state index contributed by atoms with van der Waals surface area (Å²) in [5.41, 5.74) is 3.64. The van der Waals surface area contributed by atoms with E-state index in [9.17, 15) is 4.79 Å². The first-order valence-corrected chi connectivity index (χ1v) is 8.79. The zero-order chi connectivity index (χ0) is 18.5. The molecule has 0 radical (unpaired) electrons. The maximum Gasteiger partial charge on any atom is 0.227 e. The van der Waals surface area contributed by atoms with Crippen LogP contribution in [0.15, 0.2) is 61.6 Å². The van der Waals surface area contributed by atoms with Crippen LogP contribution in [0.5, 0.6) is 0 Å². The van der Waals surface area contributed by atoms with Crippen LogP contribution in [-0.2, 0) is 16.0 Å². The fourth-order valence-corrected chi connectivity index (χ4v) is 3.06. The molecule has 7 heteroatoms. The summed E-state index contributed by atoms with van der Waals surface area (Å²) in [5.74, 6) is 0.0903. The van der Waals surface area contributed by atoms with Crippen LogP contribution in [0.25, 0.3) is 11.1 Å². The van der Waals surface area contributed by atoms with Gasteiger partial charge in [0.15, 0.2) is 0 Å². The number of morpholine rings is 1. The number of nitrogens with zero attached hydrogens (tertiary/aromatic N) is 5. The first-order chi connectivity index (χ1) is 13.3. The van der Waals surface area contributed by atoms with Gasteiger partial charge in [-0.1, -0.05) is 6.07 Å². The summed E-state index contributed by atoms with van der Waals surface area (Å²) in [6.45, 7) is 1.60. The molecule has 1 aliphatic heterocycles. The molecule has 3 aromatic rings. The van der Waals surface area contributed by atoms with Crippen molar-refractivity contribution in [1.29, 1.82) is 0 Å². The second-order valence-corrected chi connectivity index (χ2v) is 6.33. The molecule has 136 valence electrons. The topological polar surface area (TPSA) is 81.1 Å². The molecule has 4 heterocycles. The number of pyridine rings is 2. The minimum absolute atomic E-state index is 0.0903. The predicted molar refractivity (Wildman–Crippen MR) is 98.5 cm³/mol. The smallest absolute Gasteiger partial charge is 0.227 e. The van der Waals surface area contributed by atoms with Crippen molar-refractivity contribution >= 4 is 5.91 Å². The average Bonchev–Trinajstić information content (AvgIpc) is 2.75. The van der Waals surface area contributed by atoms with Crippen molar-refractivity contribution in [3.8, 4) is 11.1 Å². The first kappa shape index (κ1) is 17.2. The van der Waals surface area contributed by atoms with Gasteiger partial charge < -0.3 is 9.64 Å². The summed E-state index contributed by atoms with van der Waals surface area (Å²) >= 11 is 0. The highest BCUT2D eigenvalue weighted by atomic mass is 16.5. The first-order valence-electron chi connectivity index (χ1n) is 8.79. The van der Waals surface area contributed by atoms with E-state index >= 15 is 0 Å². The third-order valence-electron chi connectivity index (χ3n) is 4.53. The van der Waals surface area contributed by atoms with Gasteiger partial charge in [-0.2, -0.15) is 0 Å². The SMILES string of the molecule is O=C(Cc1ccncc1)N1CCO[C@@H](c2ccc(-c3cncnc3)cn2)C1. The molecule has 0 saturated carbocycles. The second kappa shape index (κ2) is 8.01. The lowest BCUT2D eigenvalue weighted by atomic mass is 10.1. The highest BCUT2D eigenvalue weighted by Gasteiger charge is 2.26. The lowest BCUT2D eigenvalue weighted by Gasteiger charge is -2.32. The standard InChI is InChI=1S/C20H19N5O2/c26-20(9-15-3-5-21-6-4-15)25-7-8-27-19(13-25)18-2-1-16(12-24-18)17-10-22-14-23-11-17/h1-6,10-12,14,19H,7-9,13H2/t19-/m1/s1. The summed E-state index contributed by atoms with van der Waals surface area (Å²) in [7, 11) is 0. The van der Waals surface area contributed by atoms with Gasteiger partial charge in [-0.15, -0.1) is 0 Å². The number of ether oxygens (including phenoxy) is 1. The van der Waals surface area contributed by atoms with E-state index in [-0.39, 0.29) is 12.0 Å². The monoisotopic (exact) mass is 361 g/mol. The Balaban J connectivity index is 1.43. The summed E-state index contributed by atoms with van der Waals surface area (Å²) in [5, 5.41) is 0. The van der Waals surface area contributed by atoms with Gasteiger partial charge in [-0.25, -0.2) is 9.97 Å². The van der Waals surface area contributed by atoms with Gasteiger partial charge in [0.2, 0.25) is 5.91 Å². The Morgan fingerprint density at radius 1 is 1.04 bits per heavy atom. The van der Waals surface area contributed by atoms with Crippen LogP contribution in [0.3, 0.4) is 0 Å². The molecule has 4 rings (SSSR count).